The molecule has 25 heavy (non-hydrogen) atoms. The molecular weight excluding hydrogens is 324 g/mol. The molecule has 0 aromatic heterocycles. The third-order valence-corrected chi connectivity index (χ3v) is 3.74. The van der Waals surface area contributed by atoms with Gasteiger partial charge in [0, 0.05) is 0 Å². The van der Waals surface area contributed by atoms with E-state index in [1.807, 2.05) is 0 Å². The lowest BCUT2D eigenvalue weighted by Gasteiger charge is -2.38. The molecule has 4 atom stereocenters. The van der Waals surface area contributed by atoms with Crippen molar-refractivity contribution in [2.24, 2.45) is 11.8 Å². The average Bonchev–Trinajstić information content (AvgIpc) is 2.41. The fourth-order valence-corrected chi connectivity index (χ4v) is 2.79. The molecule has 1 aliphatic carbocycles. The normalized spacial score (nSPS) is 27.5. The lowest BCUT2D eigenvalue weighted by molar-refractivity contribution is -0.183. The van der Waals surface area contributed by atoms with Crippen LogP contribution in [0.2, 0.25) is 0 Å². The molecular formula is C19H32O6. The third-order valence-electron chi connectivity index (χ3n) is 3.74. The van der Waals surface area contributed by atoms with E-state index in [0.29, 0.717) is 0 Å². The van der Waals surface area contributed by atoms with Gasteiger partial charge in [0.05, 0.1) is 30.7 Å². The Morgan fingerprint density at radius 3 is 1.84 bits per heavy atom. The van der Waals surface area contributed by atoms with Crippen LogP contribution in [0.5, 0.6) is 0 Å². The highest BCUT2D eigenvalue weighted by molar-refractivity contribution is 5.83. The van der Waals surface area contributed by atoms with Gasteiger partial charge in [-0.2, -0.15) is 0 Å². The van der Waals surface area contributed by atoms with Crippen molar-refractivity contribution in [1.29, 1.82) is 0 Å². The Kier molecular flexibility index (Phi) is 7.20. The highest BCUT2D eigenvalue weighted by Gasteiger charge is 2.46. The first-order valence-electron chi connectivity index (χ1n) is 8.70. The number of hydrogen-bond acceptors (Lipinski definition) is 6. The monoisotopic (exact) mass is 356 g/mol. The first kappa shape index (κ1) is 21.6. The Bertz CT molecular complexity index is 485. The van der Waals surface area contributed by atoms with Crippen molar-refractivity contribution in [3.05, 3.63) is 12.7 Å². The predicted molar refractivity (Wildman–Crippen MR) is 93.8 cm³/mol. The molecule has 1 rings (SSSR count). The number of ether oxygens (including phenoxy) is 3. The molecule has 1 saturated carbocycles. The van der Waals surface area contributed by atoms with E-state index in [0.717, 1.165) is 0 Å². The lowest BCUT2D eigenvalue weighted by atomic mass is 9.76. The van der Waals surface area contributed by atoms with Crippen molar-refractivity contribution in [1.82, 2.24) is 0 Å². The van der Waals surface area contributed by atoms with Crippen molar-refractivity contribution >= 4 is 11.9 Å². The second-order valence-corrected chi connectivity index (χ2v) is 8.48. The number of esters is 2. The van der Waals surface area contributed by atoms with Crippen LogP contribution in [0.15, 0.2) is 12.7 Å². The van der Waals surface area contributed by atoms with Crippen molar-refractivity contribution < 1.29 is 28.9 Å². The summed E-state index contributed by atoms with van der Waals surface area (Å²) in [4.78, 5) is 25.2. The van der Waals surface area contributed by atoms with Crippen LogP contribution in [-0.4, -0.2) is 47.1 Å². The molecule has 0 unspecified atom stereocenters. The van der Waals surface area contributed by atoms with Crippen LogP contribution < -0.4 is 0 Å². The van der Waals surface area contributed by atoms with Crippen LogP contribution in [0, 0.1) is 11.8 Å². The maximum atomic E-state index is 12.6. The van der Waals surface area contributed by atoms with Crippen LogP contribution in [0.25, 0.3) is 0 Å². The molecule has 0 heterocycles. The highest BCUT2D eigenvalue weighted by Crippen LogP contribution is 2.35. The van der Waals surface area contributed by atoms with Crippen LogP contribution in [-0.2, 0) is 23.8 Å². The molecule has 1 aliphatic rings. The largest absolute Gasteiger partial charge is 0.460 e. The summed E-state index contributed by atoms with van der Waals surface area (Å²) in [5, 5.41) is 10.3. The fourth-order valence-electron chi connectivity index (χ4n) is 2.79. The van der Waals surface area contributed by atoms with E-state index in [-0.39, 0.29) is 19.4 Å². The predicted octanol–water partition coefficient (Wildman–Crippen LogP) is 2.63. The topological polar surface area (TPSA) is 82.1 Å². The second kappa shape index (κ2) is 8.32. The molecule has 144 valence electrons. The first-order chi connectivity index (χ1) is 11.3. The van der Waals surface area contributed by atoms with Gasteiger partial charge in [-0.15, -0.1) is 6.58 Å². The van der Waals surface area contributed by atoms with Gasteiger partial charge in [0.25, 0.3) is 0 Å². The van der Waals surface area contributed by atoms with Crippen molar-refractivity contribution in [3.63, 3.8) is 0 Å². The maximum absolute atomic E-state index is 12.6. The summed E-state index contributed by atoms with van der Waals surface area (Å²) < 4.78 is 16.5. The van der Waals surface area contributed by atoms with Gasteiger partial charge in [-0.1, -0.05) is 6.08 Å². The molecule has 1 N–H and O–H groups in total. The third kappa shape index (κ3) is 7.16. The van der Waals surface area contributed by atoms with Crippen LogP contribution >= 0.6 is 0 Å². The van der Waals surface area contributed by atoms with Gasteiger partial charge in [-0.05, 0) is 54.4 Å². The number of aliphatic hydroxyl groups excluding tert-OH is 1. The first-order valence-corrected chi connectivity index (χ1v) is 8.70. The van der Waals surface area contributed by atoms with E-state index >= 15 is 0 Å². The Hall–Kier alpha value is -1.40. The fraction of sp³-hybridized carbons (Fsp3) is 0.789. The summed E-state index contributed by atoms with van der Waals surface area (Å²) in [5.41, 5.74) is -1.33. The van der Waals surface area contributed by atoms with Gasteiger partial charge in [0.15, 0.2) is 0 Å². The van der Waals surface area contributed by atoms with E-state index in [4.69, 9.17) is 14.2 Å². The molecule has 0 aliphatic heterocycles. The summed E-state index contributed by atoms with van der Waals surface area (Å²) in [5.74, 6) is -2.44. The second-order valence-electron chi connectivity index (χ2n) is 8.48. The van der Waals surface area contributed by atoms with Gasteiger partial charge >= 0.3 is 11.9 Å². The van der Waals surface area contributed by atoms with Crippen molar-refractivity contribution in [2.45, 2.75) is 77.8 Å². The minimum atomic E-state index is -0.851. The Morgan fingerprint density at radius 1 is 1.00 bits per heavy atom. The SMILES string of the molecule is C=CCO[C@H]1C[C@H](C(=O)OC(C)(C)C)[C@@H](C(=O)OC(C)(C)C)C[C@@H]1O. The number of rotatable bonds is 5. The smallest absolute Gasteiger partial charge is 0.310 e. The summed E-state index contributed by atoms with van der Waals surface area (Å²) in [6, 6.07) is 0. The molecule has 0 bridgehead atoms. The summed E-state index contributed by atoms with van der Waals surface area (Å²) in [7, 11) is 0. The molecule has 0 radical (unpaired) electrons. The van der Waals surface area contributed by atoms with Gasteiger partial charge in [-0.3, -0.25) is 9.59 Å². The summed E-state index contributed by atoms with van der Waals surface area (Å²) >= 11 is 0. The van der Waals surface area contributed by atoms with Crippen LogP contribution in [0.1, 0.15) is 54.4 Å². The Labute approximate surface area is 150 Å². The Morgan fingerprint density at radius 2 is 1.44 bits per heavy atom. The summed E-state index contributed by atoms with van der Waals surface area (Å²) in [6.45, 7) is 14.5. The summed E-state index contributed by atoms with van der Waals surface area (Å²) in [6.07, 6.45) is 0.481. The number of hydrogen-bond donors (Lipinski definition) is 1. The lowest BCUT2D eigenvalue weighted by Crippen LogP contribution is -2.48. The molecule has 0 aromatic carbocycles. The molecule has 1 fully saturated rings. The number of aliphatic hydroxyl groups is 1. The standard InChI is InChI=1S/C19H32O6/c1-8-9-23-15-11-13(17(22)25-19(5,6)7)12(10-14(15)20)16(21)24-18(2,3)4/h8,12-15,20H,1,9-11H2,2-7H3/t12-,13-,14-,15-/m0/s1. The zero-order valence-electron chi connectivity index (χ0n) is 16.2. The minimum absolute atomic E-state index is 0.0978. The highest BCUT2D eigenvalue weighted by atomic mass is 16.6. The van der Waals surface area contributed by atoms with E-state index < -0.39 is 47.2 Å². The van der Waals surface area contributed by atoms with Crippen molar-refractivity contribution in [2.75, 3.05) is 6.61 Å². The zero-order chi connectivity index (χ0) is 19.4. The van der Waals surface area contributed by atoms with Crippen molar-refractivity contribution in [3.8, 4) is 0 Å². The van der Waals surface area contributed by atoms with E-state index in [2.05, 4.69) is 6.58 Å². The average molecular weight is 356 g/mol. The number of carbonyl (C=O) groups excluding carboxylic acids is 2. The van der Waals surface area contributed by atoms with E-state index in [9.17, 15) is 14.7 Å². The maximum Gasteiger partial charge on any atom is 0.310 e. The van der Waals surface area contributed by atoms with Gasteiger partial charge in [0.2, 0.25) is 0 Å². The van der Waals surface area contributed by atoms with E-state index in [1.54, 1.807) is 47.6 Å². The van der Waals surface area contributed by atoms with E-state index in [1.165, 1.54) is 0 Å². The van der Waals surface area contributed by atoms with Gasteiger partial charge in [-0.25, -0.2) is 0 Å². The molecule has 6 heteroatoms. The molecule has 0 aromatic rings. The molecule has 0 saturated heterocycles. The molecule has 0 amide bonds. The zero-order valence-corrected chi connectivity index (χ0v) is 16.2. The quantitative estimate of drug-likeness (QED) is 0.602. The minimum Gasteiger partial charge on any atom is -0.460 e. The van der Waals surface area contributed by atoms with Gasteiger partial charge in [0.1, 0.15) is 11.2 Å². The molecule has 0 spiro atoms. The molecule has 6 nitrogen and oxygen atoms in total. The van der Waals surface area contributed by atoms with Gasteiger partial charge < -0.3 is 19.3 Å². The Balaban J connectivity index is 2.99. The number of carbonyl (C=O) groups is 2. The van der Waals surface area contributed by atoms with Crippen LogP contribution in [0.4, 0.5) is 0 Å². The van der Waals surface area contributed by atoms with Crippen LogP contribution in [0.3, 0.4) is 0 Å².